The molecule has 0 radical (unpaired) electrons. The van der Waals surface area contributed by atoms with Crippen LogP contribution in [0.2, 0.25) is 0 Å². The molecule has 0 saturated heterocycles. The van der Waals surface area contributed by atoms with Crippen molar-refractivity contribution in [2.75, 3.05) is 12.4 Å². The first-order chi connectivity index (χ1) is 13.1. The van der Waals surface area contributed by atoms with E-state index in [1.165, 1.54) is 13.3 Å². The molecule has 1 aliphatic carbocycles. The van der Waals surface area contributed by atoms with Gasteiger partial charge >= 0.3 is 5.97 Å². The first-order valence-electron chi connectivity index (χ1n) is 8.66. The summed E-state index contributed by atoms with van der Waals surface area (Å²) in [6.07, 6.45) is 3.01. The standard InChI is InChI=1S/C21H18N2O4/c1-27-21(26)17-7-14(8-18-19(17)13(11-24)10-22-18)23-20(25)16-9-15(16)12-5-3-2-4-6-12/h2-8,10-11,15-16,22H,9H2,1H3,(H,23,25)/t15-,16?/m0/s1. The Kier molecular flexibility index (Phi) is 4.24. The Morgan fingerprint density at radius 3 is 2.70 bits per heavy atom. The molecule has 2 N–H and O–H groups in total. The minimum atomic E-state index is -0.563. The van der Waals surface area contributed by atoms with Gasteiger partial charge in [-0.3, -0.25) is 9.59 Å². The van der Waals surface area contributed by atoms with E-state index in [9.17, 15) is 14.4 Å². The molecule has 6 heteroatoms. The van der Waals surface area contributed by atoms with Crippen LogP contribution in [0.5, 0.6) is 0 Å². The van der Waals surface area contributed by atoms with Gasteiger partial charge in [-0.2, -0.15) is 0 Å². The number of carbonyl (C=O) groups excluding carboxylic acids is 3. The van der Waals surface area contributed by atoms with Crippen LogP contribution in [0, 0.1) is 5.92 Å². The molecule has 6 nitrogen and oxygen atoms in total. The average Bonchev–Trinajstić information content (AvgIpc) is 3.40. The number of methoxy groups -OCH3 is 1. The van der Waals surface area contributed by atoms with Crippen LogP contribution in [0.25, 0.3) is 10.9 Å². The van der Waals surface area contributed by atoms with Gasteiger partial charge in [0.25, 0.3) is 0 Å². The van der Waals surface area contributed by atoms with Crippen LogP contribution in [-0.2, 0) is 9.53 Å². The number of aromatic amines is 1. The predicted molar refractivity (Wildman–Crippen MR) is 101 cm³/mol. The molecule has 0 bridgehead atoms. The lowest BCUT2D eigenvalue weighted by Gasteiger charge is -2.09. The molecule has 4 rings (SSSR count). The number of ether oxygens (including phenoxy) is 1. The highest BCUT2D eigenvalue weighted by Crippen LogP contribution is 2.48. The zero-order valence-electron chi connectivity index (χ0n) is 14.7. The van der Waals surface area contributed by atoms with Gasteiger partial charge in [0.15, 0.2) is 6.29 Å². The molecular formula is C21H18N2O4. The number of fused-ring (bicyclic) bond motifs is 1. The molecular weight excluding hydrogens is 344 g/mol. The number of hydrogen-bond donors (Lipinski definition) is 2. The SMILES string of the molecule is COC(=O)c1cc(NC(=O)C2C[C@H]2c2ccccc2)cc2[nH]cc(C=O)c12. The number of carbonyl (C=O) groups is 3. The molecule has 1 heterocycles. The Balaban J connectivity index is 1.60. The van der Waals surface area contributed by atoms with Gasteiger partial charge in [-0.25, -0.2) is 4.79 Å². The lowest BCUT2D eigenvalue weighted by molar-refractivity contribution is -0.117. The van der Waals surface area contributed by atoms with Gasteiger partial charge in [-0.05, 0) is 30.0 Å². The van der Waals surface area contributed by atoms with Crippen LogP contribution < -0.4 is 5.32 Å². The number of esters is 1. The number of benzene rings is 2. The maximum absolute atomic E-state index is 12.6. The number of aldehydes is 1. The van der Waals surface area contributed by atoms with Crippen molar-refractivity contribution in [2.45, 2.75) is 12.3 Å². The van der Waals surface area contributed by atoms with Gasteiger partial charge in [0.1, 0.15) is 0 Å². The van der Waals surface area contributed by atoms with E-state index in [4.69, 9.17) is 4.74 Å². The molecule has 0 aliphatic heterocycles. The Morgan fingerprint density at radius 2 is 2.00 bits per heavy atom. The van der Waals surface area contributed by atoms with Gasteiger partial charge in [-0.15, -0.1) is 0 Å². The van der Waals surface area contributed by atoms with Crippen LogP contribution in [0.1, 0.15) is 38.6 Å². The van der Waals surface area contributed by atoms with Crippen LogP contribution in [0.3, 0.4) is 0 Å². The second-order valence-corrected chi connectivity index (χ2v) is 6.65. The van der Waals surface area contributed by atoms with Gasteiger partial charge in [-0.1, -0.05) is 30.3 Å². The van der Waals surface area contributed by atoms with E-state index >= 15 is 0 Å². The Bertz CT molecular complexity index is 1040. The molecule has 136 valence electrons. The van der Waals surface area contributed by atoms with Crippen molar-refractivity contribution < 1.29 is 19.1 Å². The molecule has 1 aromatic heterocycles. The Morgan fingerprint density at radius 1 is 1.22 bits per heavy atom. The second kappa shape index (κ2) is 6.72. The molecule has 1 saturated carbocycles. The zero-order valence-corrected chi connectivity index (χ0v) is 14.7. The third kappa shape index (κ3) is 3.10. The average molecular weight is 362 g/mol. The molecule has 2 atom stereocenters. The number of nitrogens with one attached hydrogen (secondary N) is 2. The highest BCUT2D eigenvalue weighted by atomic mass is 16.5. The summed E-state index contributed by atoms with van der Waals surface area (Å²) in [7, 11) is 1.28. The second-order valence-electron chi connectivity index (χ2n) is 6.65. The molecule has 1 unspecified atom stereocenters. The van der Waals surface area contributed by atoms with E-state index < -0.39 is 5.97 Å². The number of amides is 1. The Labute approximate surface area is 155 Å². The molecule has 3 aromatic rings. The fourth-order valence-corrected chi connectivity index (χ4v) is 3.52. The third-order valence-electron chi connectivity index (χ3n) is 4.96. The van der Waals surface area contributed by atoms with Gasteiger partial charge < -0.3 is 15.0 Å². The minimum Gasteiger partial charge on any atom is -0.465 e. The molecule has 1 amide bonds. The van der Waals surface area contributed by atoms with E-state index in [1.54, 1.807) is 12.1 Å². The highest BCUT2D eigenvalue weighted by molar-refractivity contribution is 6.12. The quantitative estimate of drug-likeness (QED) is 0.537. The molecule has 27 heavy (non-hydrogen) atoms. The van der Waals surface area contributed by atoms with Crippen molar-refractivity contribution in [1.82, 2.24) is 4.98 Å². The van der Waals surface area contributed by atoms with Crippen LogP contribution in [0.15, 0.2) is 48.7 Å². The summed E-state index contributed by atoms with van der Waals surface area (Å²) in [4.78, 5) is 39.0. The van der Waals surface area contributed by atoms with Crippen molar-refractivity contribution in [3.05, 3.63) is 65.4 Å². The van der Waals surface area contributed by atoms with E-state index in [0.717, 1.165) is 12.0 Å². The van der Waals surface area contributed by atoms with Crippen molar-refractivity contribution in [1.29, 1.82) is 0 Å². The van der Waals surface area contributed by atoms with Crippen molar-refractivity contribution in [3.8, 4) is 0 Å². The normalized spacial score (nSPS) is 18.1. The number of anilines is 1. The predicted octanol–water partition coefficient (Wildman–Crippen LogP) is 3.51. The number of aromatic nitrogens is 1. The number of rotatable bonds is 5. The summed E-state index contributed by atoms with van der Waals surface area (Å²) in [5.41, 5.74) is 2.85. The number of hydrogen-bond acceptors (Lipinski definition) is 4. The fourth-order valence-electron chi connectivity index (χ4n) is 3.52. The lowest BCUT2D eigenvalue weighted by Crippen LogP contribution is -2.15. The zero-order chi connectivity index (χ0) is 19.0. The maximum atomic E-state index is 12.6. The number of H-pyrrole nitrogens is 1. The fraction of sp³-hybridized carbons (Fsp3) is 0.190. The first kappa shape index (κ1) is 17.0. The largest absolute Gasteiger partial charge is 0.465 e. The van der Waals surface area contributed by atoms with Crippen molar-refractivity contribution in [2.24, 2.45) is 5.92 Å². The van der Waals surface area contributed by atoms with E-state index in [2.05, 4.69) is 10.3 Å². The summed E-state index contributed by atoms with van der Waals surface area (Å²) in [6, 6.07) is 13.2. The topological polar surface area (TPSA) is 88.3 Å². The van der Waals surface area contributed by atoms with Crippen LogP contribution >= 0.6 is 0 Å². The summed E-state index contributed by atoms with van der Waals surface area (Å²) in [5, 5.41) is 3.38. The molecule has 2 aromatic carbocycles. The van der Waals surface area contributed by atoms with Gasteiger partial charge in [0.05, 0.1) is 12.7 Å². The van der Waals surface area contributed by atoms with Crippen LogP contribution in [-0.4, -0.2) is 30.3 Å². The summed E-state index contributed by atoms with van der Waals surface area (Å²) in [5.74, 6) is -0.505. The van der Waals surface area contributed by atoms with Crippen molar-refractivity contribution in [3.63, 3.8) is 0 Å². The summed E-state index contributed by atoms with van der Waals surface area (Å²) < 4.78 is 4.83. The first-order valence-corrected chi connectivity index (χ1v) is 8.66. The monoisotopic (exact) mass is 362 g/mol. The summed E-state index contributed by atoms with van der Waals surface area (Å²) >= 11 is 0. The smallest absolute Gasteiger partial charge is 0.338 e. The van der Waals surface area contributed by atoms with Crippen LogP contribution in [0.4, 0.5) is 5.69 Å². The van der Waals surface area contributed by atoms with Gasteiger partial charge in [0, 0.05) is 34.3 Å². The molecule has 1 aliphatic rings. The lowest BCUT2D eigenvalue weighted by atomic mass is 10.1. The van der Waals surface area contributed by atoms with Crippen molar-refractivity contribution >= 4 is 34.8 Å². The highest BCUT2D eigenvalue weighted by Gasteiger charge is 2.43. The van der Waals surface area contributed by atoms with E-state index in [0.29, 0.717) is 28.4 Å². The summed E-state index contributed by atoms with van der Waals surface area (Å²) in [6.45, 7) is 0. The van der Waals surface area contributed by atoms with E-state index in [-0.39, 0.29) is 23.3 Å². The third-order valence-corrected chi connectivity index (χ3v) is 4.96. The van der Waals surface area contributed by atoms with Gasteiger partial charge in [0.2, 0.25) is 5.91 Å². The van der Waals surface area contributed by atoms with E-state index in [1.807, 2.05) is 30.3 Å². The maximum Gasteiger partial charge on any atom is 0.338 e. The molecule has 1 fully saturated rings. The minimum absolute atomic E-state index is 0.0822. The Hall–Kier alpha value is -3.41. The molecule has 0 spiro atoms.